The largest absolute Gasteiger partial charge is 0.506 e. The van der Waals surface area contributed by atoms with E-state index in [1.807, 2.05) is 6.92 Å². The maximum absolute atomic E-state index is 13.0. The topological polar surface area (TPSA) is 84.2 Å². The monoisotopic (exact) mass is 285 g/mol. The summed E-state index contributed by atoms with van der Waals surface area (Å²) < 4.78 is 40.6. The van der Waals surface area contributed by atoms with Crippen LogP contribution in [0.3, 0.4) is 0 Å². The van der Waals surface area contributed by atoms with Crippen molar-refractivity contribution in [3.05, 3.63) is 36.5 Å². The van der Waals surface area contributed by atoms with Crippen LogP contribution in [-0.4, -0.2) is 23.1 Å². The van der Waals surface area contributed by atoms with Gasteiger partial charge in [0.15, 0.2) is 5.03 Å². The van der Waals surface area contributed by atoms with Gasteiger partial charge in [-0.05, 0) is 19.1 Å². The molecule has 8 heteroatoms. The molecule has 0 aliphatic rings. The van der Waals surface area contributed by atoms with E-state index in [1.54, 1.807) is 4.57 Å². The molecule has 0 bridgehead atoms. The molecule has 2 aromatic rings. The van der Waals surface area contributed by atoms with Crippen molar-refractivity contribution < 1.29 is 17.9 Å². The van der Waals surface area contributed by atoms with E-state index in [0.29, 0.717) is 6.54 Å². The molecule has 0 unspecified atom stereocenters. The molecule has 0 saturated heterocycles. The molecule has 0 atom stereocenters. The zero-order chi connectivity index (χ0) is 14.0. The molecule has 19 heavy (non-hydrogen) atoms. The number of hydrogen-bond donors (Lipinski definition) is 2. The predicted octanol–water partition coefficient (Wildman–Crippen LogP) is 1.55. The highest BCUT2D eigenvalue weighted by Gasteiger charge is 2.19. The summed E-state index contributed by atoms with van der Waals surface area (Å²) >= 11 is 0. The number of aromatic hydroxyl groups is 1. The highest BCUT2D eigenvalue weighted by Crippen LogP contribution is 2.25. The minimum atomic E-state index is -3.95. The fraction of sp³-hybridized carbons (Fsp3) is 0.182. The van der Waals surface area contributed by atoms with Crippen LogP contribution in [-0.2, 0) is 16.6 Å². The third kappa shape index (κ3) is 2.84. The number of sulfonamides is 1. The summed E-state index contributed by atoms with van der Waals surface area (Å²) in [5.74, 6) is -1.02. The van der Waals surface area contributed by atoms with Crippen molar-refractivity contribution in [1.29, 1.82) is 0 Å². The van der Waals surface area contributed by atoms with E-state index >= 15 is 0 Å². The number of anilines is 1. The average molecular weight is 285 g/mol. The van der Waals surface area contributed by atoms with E-state index in [2.05, 4.69) is 9.71 Å². The Morgan fingerprint density at radius 3 is 2.84 bits per heavy atom. The molecule has 0 radical (unpaired) electrons. The second kappa shape index (κ2) is 4.88. The lowest BCUT2D eigenvalue weighted by Gasteiger charge is -2.07. The molecular weight excluding hydrogens is 273 g/mol. The van der Waals surface area contributed by atoms with Crippen LogP contribution in [0.5, 0.6) is 5.75 Å². The normalized spacial score (nSPS) is 11.5. The number of rotatable bonds is 4. The van der Waals surface area contributed by atoms with Crippen LogP contribution in [0.2, 0.25) is 0 Å². The first-order valence-electron chi connectivity index (χ1n) is 5.45. The third-order valence-electron chi connectivity index (χ3n) is 2.45. The van der Waals surface area contributed by atoms with Crippen molar-refractivity contribution in [3.63, 3.8) is 0 Å². The first kappa shape index (κ1) is 13.3. The molecule has 0 amide bonds. The number of aromatic nitrogens is 2. The van der Waals surface area contributed by atoms with E-state index in [4.69, 9.17) is 0 Å². The Morgan fingerprint density at radius 1 is 1.47 bits per heavy atom. The molecule has 1 aromatic heterocycles. The molecule has 0 saturated carbocycles. The standard InChI is InChI=1S/C11H12FN3O3S/c1-2-15-6-11(13-7-15)19(17,18)14-9-5-8(12)3-4-10(9)16/h3-7,14,16H,2H2,1H3. The quantitative estimate of drug-likeness (QED) is 0.835. The van der Waals surface area contributed by atoms with Crippen molar-refractivity contribution in [1.82, 2.24) is 9.55 Å². The molecule has 0 aliphatic heterocycles. The molecule has 0 spiro atoms. The first-order chi connectivity index (χ1) is 8.92. The van der Waals surface area contributed by atoms with Crippen molar-refractivity contribution >= 4 is 15.7 Å². The van der Waals surface area contributed by atoms with Gasteiger partial charge in [0.25, 0.3) is 10.0 Å². The SMILES string of the molecule is CCn1cnc(S(=O)(=O)Nc2cc(F)ccc2O)c1. The minimum Gasteiger partial charge on any atom is -0.506 e. The molecular formula is C11H12FN3O3S. The van der Waals surface area contributed by atoms with Gasteiger partial charge < -0.3 is 9.67 Å². The van der Waals surface area contributed by atoms with Crippen LogP contribution in [0.4, 0.5) is 10.1 Å². The Labute approximate surface area is 109 Å². The number of imidazole rings is 1. The molecule has 0 aliphatic carbocycles. The van der Waals surface area contributed by atoms with Crippen LogP contribution in [0, 0.1) is 5.82 Å². The maximum Gasteiger partial charge on any atom is 0.281 e. The molecule has 102 valence electrons. The Kier molecular flexibility index (Phi) is 3.43. The second-order valence-electron chi connectivity index (χ2n) is 3.81. The van der Waals surface area contributed by atoms with Gasteiger partial charge in [-0.25, -0.2) is 9.37 Å². The highest BCUT2D eigenvalue weighted by atomic mass is 32.2. The third-order valence-corrected chi connectivity index (χ3v) is 3.70. The van der Waals surface area contributed by atoms with Crippen LogP contribution in [0.1, 0.15) is 6.92 Å². The lowest BCUT2D eigenvalue weighted by Crippen LogP contribution is -2.13. The van der Waals surface area contributed by atoms with E-state index < -0.39 is 15.8 Å². The number of phenolic OH excluding ortho intramolecular Hbond substituents is 1. The van der Waals surface area contributed by atoms with Gasteiger partial charge in [0.1, 0.15) is 11.6 Å². The van der Waals surface area contributed by atoms with E-state index in [0.717, 1.165) is 18.2 Å². The van der Waals surface area contributed by atoms with E-state index in [9.17, 15) is 17.9 Å². The number of halogens is 1. The van der Waals surface area contributed by atoms with E-state index in [-0.39, 0.29) is 16.5 Å². The molecule has 2 N–H and O–H groups in total. The van der Waals surface area contributed by atoms with Crippen molar-refractivity contribution in [3.8, 4) is 5.75 Å². The van der Waals surface area contributed by atoms with Gasteiger partial charge in [0.05, 0.1) is 12.0 Å². The number of nitrogens with one attached hydrogen (secondary N) is 1. The summed E-state index contributed by atoms with van der Waals surface area (Å²) in [6, 6.07) is 2.99. The first-order valence-corrected chi connectivity index (χ1v) is 6.94. The molecule has 2 rings (SSSR count). The van der Waals surface area contributed by atoms with Gasteiger partial charge in [-0.15, -0.1) is 0 Å². The predicted molar refractivity (Wildman–Crippen MR) is 66.8 cm³/mol. The van der Waals surface area contributed by atoms with E-state index in [1.165, 1.54) is 12.5 Å². The van der Waals surface area contributed by atoms with Crippen molar-refractivity contribution in [2.45, 2.75) is 18.5 Å². The summed E-state index contributed by atoms with van der Waals surface area (Å²) in [6.07, 6.45) is 2.72. The fourth-order valence-electron chi connectivity index (χ4n) is 1.44. The Morgan fingerprint density at radius 2 is 2.21 bits per heavy atom. The van der Waals surface area contributed by atoms with Crippen LogP contribution in [0.25, 0.3) is 0 Å². The van der Waals surface area contributed by atoms with Gasteiger partial charge in [0, 0.05) is 18.8 Å². The zero-order valence-corrected chi connectivity index (χ0v) is 10.9. The molecule has 1 heterocycles. The van der Waals surface area contributed by atoms with Gasteiger partial charge in [0.2, 0.25) is 0 Å². The van der Waals surface area contributed by atoms with Crippen LogP contribution >= 0.6 is 0 Å². The van der Waals surface area contributed by atoms with Gasteiger partial charge in [-0.3, -0.25) is 4.72 Å². The summed E-state index contributed by atoms with van der Waals surface area (Å²) in [4.78, 5) is 3.74. The lowest BCUT2D eigenvalue weighted by molar-refractivity contribution is 0.475. The zero-order valence-electron chi connectivity index (χ0n) is 10.0. The molecule has 6 nitrogen and oxygen atoms in total. The van der Waals surface area contributed by atoms with Crippen molar-refractivity contribution in [2.75, 3.05) is 4.72 Å². The maximum atomic E-state index is 13.0. The minimum absolute atomic E-state index is 0.196. The summed E-state index contributed by atoms with van der Waals surface area (Å²) in [6.45, 7) is 2.41. The average Bonchev–Trinajstić information content (AvgIpc) is 2.83. The van der Waals surface area contributed by atoms with Crippen LogP contribution < -0.4 is 4.72 Å². The number of nitrogens with zero attached hydrogens (tertiary/aromatic N) is 2. The summed E-state index contributed by atoms with van der Waals surface area (Å²) in [5, 5.41) is 9.28. The summed E-state index contributed by atoms with van der Waals surface area (Å²) in [7, 11) is -3.95. The number of phenols is 1. The summed E-state index contributed by atoms with van der Waals surface area (Å²) in [5.41, 5.74) is -0.231. The lowest BCUT2D eigenvalue weighted by atomic mass is 10.3. The van der Waals surface area contributed by atoms with Gasteiger partial charge in [-0.1, -0.05) is 0 Å². The molecule has 0 fully saturated rings. The highest BCUT2D eigenvalue weighted by molar-refractivity contribution is 7.92. The number of aryl methyl sites for hydroxylation is 1. The fourth-order valence-corrected chi connectivity index (χ4v) is 2.46. The van der Waals surface area contributed by atoms with Crippen molar-refractivity contribution in [2.24, 2.45) is 0 Å². The smallest absolute Gasteiger partial charge is 0.281 e. The second-order valence-corrected chi connectivity index (χ2v) is 5.44. The Hall–Kier alpha value is -2.09. The number of benzene rings is 1. The van der Waals surface area contributed by atoms with Crippen LogP contribution in [0.15, 0.2) is 35.7 Å². The Balaban J connectivity index is 2.33. The Bertz CT molecular complexity index is 697. The molecule has 1 aromatic carbocycles. The van der Waals surface area contributed by atoms with Gasteiger partial charge in [-0.2, -0.15) is 8.42 Å². The van der Waals surface area contributed by atoms with Gasteiger partial charge >= 0.3 is 0 Å². The number of hydrogen-bond acceptors (Lipinski definition) is 4.